The topological polar surface area (TPSA) is 58.6 Å². The molecular formula is C11H11NO3. The highest BCUT2D eigenvalue weighted by molar-refractivity contribution is 5.89. The van der Waals surface area contributed by atoms with Crippen molar-refractivity contribution >= 4 is 11.7 Å². The molecule has 1 aliphatic heterocycles. The second-order valence-electron chi connectivity index (χ2n) is 4.15. The summed E-state index contributed by atoms with van der Waals surface area (Å²) in [4.78, 5) is 10.8. The van der Waals surface area contributed by atoms with E-state index in [1.807, 2.05) is 0 Å². The van der Waals surface area contributed by atoms with Crippen LogP contribution in [0.25, 0.3) is 0 Å². The molecule has 2 aliphatic rings. The first-order valence-electron chi connectivity index (χ1n) is 4.99. The molecule has 0 amide bonds. The van der Waals surface area contributed by atoms with Gasteiger partial charge in [0.1, 0.15) is 11.4 Å². The molecule has 0 atom stereocenters. The first kappa shape index (κ1) is 8.59. The predicted octanol–water partition coefficient (Wildman–Crippen LogP) is 1.72. The van der Waals surface area contributed by atoms with Gasteiger partial charge in [-0.2, -0.15) is 0 Å². The molecule has 1 aromatic carbocycles. The van der Waals surface area contributed by atoms with Crippen molar-refractivity contribution in [3.8, 4) is 5.75 Å². The molecule has 1 saturated carbocycles. The van der Waals surface area contributed by atoms with Crippen molar-refractivity contribution < 1.29 is 14.6 Å². The zero-order valence-electron chi connectivity index (χ0n) is 8.12. The number of carboxylic acid groups (broad SMARTS) is 1. The zero-order valence-corrected chi connectivity index (χ0v) is 8.12. The van der Waals surface area contributed by atoms with Crippen molar-refractivity contribution in [1.82, 2.24) is 0 Å². The SMILES string of the molecule is O=C(O)c1ccc2c(c1)NCC1(CC1)O2. The van der Waals surface area contributed by atoms with Crippen LogP contribution < -0.4 is 10.1 Å². The maximum atomic E-state index is 10.8. The fourth-order valence-corrected chi connectivity index (χ4v) is 1.83. The molecule has 4 heteroatoms. The van der Waals surface area contributed by atoms with E-state index in [1.54, 1.807) is 18.2 Å². The van der Waals surface area contributed by atoms with Crippen LogP contribution in [0, 0.1) is 0 Å². The molecule has 0 saturated heterocycles. The standard InChI is InChI=1S/C11H11NO3/c13-10(14)7-1-2-9-8(5-7)12-6-11(15-9)3-4-11/h1-2,5,12H,3-4,6H2,(H,13,14). The number of nitrogens with one attached hydrogen (secondary N) is 1. The summed E-state index contributed by atoms with van der Waals surface area (Å²) in [6.45, 7) is 0.781. The van der Waals surface area contributed by atoms with Crippen molar-refractivity contribution in [2.45, 2.75) is 18.4 Å². The fourth-order valence-electron chi connectivity index (χ4n) is 1.83. The molecule has 2 N–H and O–H groups in total. The average Bonchev–Trinajstić information content (AvgIpc) is 2.97. The minimum absolute atomic E-state index is 0.00224. The number of benzene rings is 1. The van der Waals surface area contributed by atoms with E-state index in [2.05, 4.69) is 5.32 Å². The second-order valence-corrected chi connectivity index (χ2v) is 4.15. The van der Waals surface area contributed by atoms with Crippen LogP contribution in [0.4, 0.5) is 5.69 Å². The van der Waals surface area contributed by atoms with Gasteiger partial charge in [-0.3, -0.25) is 0 Å². The molecule has 1 heterocycles. The maximum absolute atomic E-state index is 10.8. The van der Waals surface area contributed by atoms with E-state index in [-0.39, 0.29) is 11.2 Å². The van der Waals surface area contributed by atoms with Gasteiger partial charge in [0.15, 0.2) is 0 Å². The first-order chi connectivity index (χ1) is 7.19. The van der Waals surface area contributed by atoms with Crippen LogP contribution in [-0.2, 0) is 0 Å². The van der Waals surface area contributed by atoms with E-state index >= 15 is 0 Å². The lowest BCUT2D eigenvalue weighted by molar-refractivity contribution is 0.0697. The average molecular weight is 205 g/mol. The molecule has 0 radical (unpaired) electrons. The third-order valence-electron chi connectivity index (χ3n) is 2.96. The van der Waals surface area contributed by atoms with Crippen molar-refractivity contribution in [2.75, 3.05) is 11.9 Å². The van der Waals surface area contributed by atoms with Crippen molar-refractivity contribution in [3.63, 3.8) is 0 Å². The number of hydrogen-bond acceptors (Lipinski definition) is 3. The van der Waals surface area contributed by atoms with Gasteiger partial charge >= 0.3 is 5.97 Å². The summed E-state index contributed by atoms with van der Waals surface area (Å²) in [5, 5.41) is 12.1. The largest absolute Gasteiger partial charge is 0.483 e. The molecule has 0 aromatic heterocycles. The van der Waals surface area contributed by atoms with E-state index in [9.17, 15) is 4.79 Å². The van der Waals surface area contributed by atoms with Crippen LogP contribution in [0.3, 0.4) is 0 Å². The highest BCUT2D eigenvalue weighted by atomic mass is 16.5. The minimum atomic E-state index is -0.911. The zero-order chi connectivity index (χ0) is 10.5. The number of carboxylic acids is 1. The van der Waals surface area contributed by atoms with Crippen LogP contribution in [0.1, 0.15) is 23.2 Å². The molecule has 78 valence electrons. The van der Waals surface area contributed by atoms with E-state index in [0.717, 1.165) is 30.8 Å². The van der Waals surface area contributed by atoms with Gasteiger partial charge in [-0.05, 0) is 31.0 Å². The molecule has 4 nitrogen and oxygen atoms in total. The summed E-state index contributed by atoms with van der Waals surface area (Å²) in [6.07, 6.45) is 2.17. The van der Waals surface area contributed by atoms with Crippen LogP contribution in [0.2, 0.25) is 0 Å². The Kier molecular flexibility index (Phi) is 1.52. The highest BCUT2D eigenvalue weighted by Crippen LogP contribution is 2.45. The lowest BCUT2D eigenvalue weighted by atomic mass is 10.1. The van der Waals surface area contributed by atoms with Crippen molar-refractivity contribution in [2.24, 2.45) is 0 Å². The summed E-state index contributed by atoms with van der Waals surface area (Å²) >= 11 is 0. The lowest BCUT2D eigenvalue weighted by Crippen LogP contribution is -2.32. The Hall–Kier alpha value is -1.71. The highest BCUT2D eigenvalue weighted by Gasteiger charge is 2.47. The molecule has 3 rings (SSSR count). The monoisotopic (exact) mass is 205 g/mol. The van der Waals surface area contributed by atoms with Crippen LogP contribution in [0.15, 0.2) is 18.2 Å². The van der Waals surface area contributed by atoms with Crippen LogP contribution >= 0.6 is 0 Å². The molecule has 1 aliphatic carbocycles. The van der Waals surface area contributed by atoms with Gasteiger partial charge in [-0.25, -0.2) is 4.79 Å². The Balaban J connectivity index is 1.97. The Morgan fingerprint density at radius 3 is 2.93 bits per heavy atom. The van der Waals surface area contributed by atoms with E-state index < -0.39 is 5.97 Å². The quantitative estimate of drug-likeness (QED) is 0.732. The summed E-state index contributed by atoms with van der Waals surface area (Å²) in [7, 11) is 0. The Morgan fingerprint density at radius 2 is 2.27 bits per heavy atom. The second kappa shape index (κ2) is 2.66. The number of ether oxygens (including phenoxy) is 1. The number of rotatable bonds is 1. The summed E-state index contributed by atoms with van der Waals surface area (Å²) in [5.41, 5.74) is 1.07. The first-order valence-corrected chi connectivity index (χ1v) is 4.99. The van der Waals surface area contributed by atoms with E-state index in [1.165, 1.54) is 0 Å². The summed E-state index contributed by atoms with van der Waals surface area (Å²) in [5.74, 6) is -0.143. The van der Waals surface area contributed by atoms with E-state index in [4.69, 9.17) is 9.84 Å². The Bertz CT molecular complexity index is 437. The molecular weight excluding hydrogens is 194 g/mol. The number of carbonyl (C=O) groups is 1. The summed E-state index contributed by atoms with van der Waals surface area (Å²) < 4.78 is 5.81. The van der Waals surface area contributed by atoms with Gasteiger partial charge in [0.2, 0.25) is 0 Å². The molecule has 0 bridgehead atoms. The number of hydrogen-bond donors (Lipinski definition) is 2. The van der Waals surface area contributed by atoms with Crippen molar-refractivity contribution in [1.29, 1.82) is 0 Å². The third kappa shape index (κ3) is 1.33. The summed E-state index contributed by atoms with van der Waals surface area (Å²) in [6, 6.07) is 4.92. The van der Waals surface area contributed by atoms with Gasteiger partial charge in [-0.1, -0.05) is 0 Å². The van der Waals surface area contributed by atoms with Gasteiger partial charge in [0.05, 0.1) is 17.8 Å². The molecule has 0 unspecified atom stereocenters. The van der Waals surface area contributed by atoms with Gasteiger partial charge < -0.3 is 15.2 Å². The van der Waals surface area contributed by atoms with Gasteiger partial charge in [0, 0.05) is 0 Å². The smallest absolute Gasteiger partial charge is 0.335 e. The third-order valence-corrected chi connectivity index (χ3v) is 2.96. The fraction of sp³-hybridized carbons (Fsp3) is 0.364. The van der Waals surface area contributed by atoms with Gasteiger partial charge in [-0.15, -0.1) is 0 Å². The molecule has 1 fully saturated rings. The van der Waals surface area contributed by atoms with Gasteiger partial charge in [0.25, 0.3) is 0 Å². The lowest BCUT2D eigenvalue weighted by Gasteiger charge is -2.27. The number of aromatic carboxylic acids is 1. The van der Waals surface area contributed by atoms with Crippen molar-refractivity contribution in [3.05, 3.63) is 23.8 Å². The van der Waals surface area contributed by atoms with E-state index in [0.29, 0.717) is 0 Å². The minimum Gasteiger partial charge on any atom is -0.483 e. The number of fused-ring (bicyclic) bond motifs is 1. The molecule has 1 spiro atoms. The maximum Gasteiger partial charge on any atom is 0.335 e. The normalized spacial score (nSPS) is 20.0. The Labute approximate surface area is 86.9 Å². The van der Waals surface area contributed by atoms with Crippen LogP contribution in [0.5, 0.6) is 5.75 Å². The molecule has 15 heavy (non-hydrogen) atoms. The predicted molar refractivity (Wildman–Crippen MR) is 54.5 cm³/mol. The number of anilines is 1. The van der Waals surface area contributed by atoms with Crippen LogP contribution in [-0.4, -0.2) is 23.2 Å². The molecule has 1 aromatic rings. The Morgan fingerprint density at radius 1 is 1.47 bits per heavy atom.